The van der Waals surface area contributed by atoms with E-state index in [0.29, 0.717) is 6.07 Å². The highest BCUT2D eigenvalue weighted by atomic mass is 32.2. The minimum Gasteiger partial charge on any atom is -0.396 e. The highest BCUT2D eigenvalue weighted by Crippen LogP contribution is 2.35. The summed E-state index contributed by atoms with van der Waals surface area (Å²) in [5.41, 5.74) is -0.475. The van der Waals surface area contributed by atoms with Gasteiger partial charge in [-0.1, -0.05) is 19.3 Å². The van der Waals surface area contributed by atoms with E-state index in [2.05, 4.69) is 4.72 Å². The van der Waals surface area contributed by atoms with Crippen LogP contribution in [0.25, 0.3) is 0 Å². The molecule has 0 bridgehead atoms. The summed E-state index contributed by atoms with van der Waals surface area (Å²) in [7, 11) is -3.99. The molecule has 0 spiro atoms. The first-order chi connectivity index (χ1) is 9.87. The van der Waals surface area contributed by atoms with E-state index in [4.69, 9.17) is 0 Å². The lowest BCUT2D eigenvalue weighted by Crippen LogP contribution is -2.41. The summed E-state index contributed by atoms with van der Waals surface area (Å²) in [6, 6.07) is 2.17. The van der Waals surface area contributed by atoms with Gasteiger partial charge >= 0.3 is 0 Å². The number of benzene rings is 1. The minimum absolute atomic E-state index is 0.0734. The predicted octanol–water partition coefficient (Wildman–Crippen LogP) is 2.19. The van der Waals surface area contributed by atoms with Crippen molar-refractivity contribution < 1.29 is 22.3 Å². The monoisotopic (exact) mass is 319 g/mol. The smallest absolute Gasteiger partial charge is 0.240 e. The van der Waals surface area contributed by atoms with Crippen LogP contribution in [-0.2, 0) is 10.0 Å². The fraction of sp³-hybridized carbons (Fsp3) is 0.571. The van der Waals surface area contributed by atoms with Gasteiger partial charge in [-0.25, -0.2) is 21.9 Å². The Morgan fingerprint density at radius 1 is 1.10 bits per heavy atom. The molecular weight excluding hydrogens is 300 g/mol. The van der Waals surface area contributed by atoms with E-state index in [0.717, 1.165) is 44.2 Å². The van der Waals surface area contributed by atoms with Crippen LogP contribution in [0.4, 0.5) is 8.78 Å². The zero-order valence-corrected chi connectivity index (χ0v) is 12.4. The fourth-order valence-corrected chi connectivity index (χ4v) is 3.91. The molecule has 1 aliphatic rings. The number of rotatable bonds is 5. The Kier molecular flexibility index (Phi) is 4.95. The van der Waals surface area contributed by atoms with E-state index < -0.39 is 32.0 Å². The molecule has 0 atom stereocenters. The second-order valence-electron chi connectivity index (χ2n) is 5.65. The van der Waals surface area contributed by atoms with Crippen molar-refractivity contribution in [3.63, 3.8) is 0 Å². The lowest BCUT2D eigenvalue weighted by molar-refractivity contribution is 0.0867. The number of aliphatic hydroxyl groups excluding tert-OH is 1. The van der Waals surface area contributed by atoms with E-state index in [-0.39, 0.29) is 13.2 Å². The van der Waals surface area contributed by atoms with Gasteiger partial charge < -0.3 is 5.11 Å². The summed E-state index contributed by atoms with van der Waals surface area (Å²) < 4.78 is 52.8. The molecule has 0 aliphatic heterocycles. The van der Waals surface area contributed by atoms with Gasteiger partial charge in [0.25, 0.3) is 0 Å². The van der Waals surface area contributed by atoms with Gasteiger partial charge in [-0.3, -0.25) is 0 Å². The summed E-state index contributed by atoms with van der Waals surface area (Å²) in [5.74, 6) is -1.88. The Hall–Kier alpha value is -1.05. The molecule has 0 unspecified atom stereocenters. The van der Waals surface area contributed by atoms with Gasteiger partial charge in [-0.2, -0.15) is 0 Å². The van der Waals surface area contributed by atoms with Crippen LogP contribution in [0.5, 0.6) is 0 Å². The zero-order valence-electron chi connectivity index (χ0n) is 11.6. The quantitative estimate of drug-likeness (QED) is 0.874. The summed E-state index contributed by atoms with van der Waals surface area (Å²) in [5, 5.41) is 9.54. The molecule has 0 saturated heterocycles. The van der Waals surface area contributed by atoms with Crippen molar-refractivity contribution in [1.82, 2.24) is 4.72 Å². The Balaban J connectivity index is 2.13. The van der Waals surface area contributed by atoms with Crippen molar-refractivity contribution in [3.05, 3.63) is 29.8 Å². The molecule has 1 saturated carbocycles. The van der Waals surface area contributed by atoms with E-state index in [1.165, 1.54) is 0 Å². The summed E-state index contributed by atoms with van der Waals surface area (Å²) >= 11 is 0. The molecule has 21 heavy (non-hydrogen) atoms. The molecule has 118 valence electrons. The molecule has 1 fully saturated rings. The standard InChI is InChI=1S/C14H19F2NO3S/c15-11-6-12(16)8-13(7-11)21(19,20)17-9-14(10-18)4-2-1-3-5-14/h6-8,17-18H,1-5,9-10H2. The molecule has 4 nitrogen and oxygen atoms in total. The van der Waals surface area contributed by atoms with E-state index in [1.807, 2.05) is 0 Å². The average Bonchev–Trinajstić information content (AvgIpc) is 2.45. The highest BCUT2D eigenvalue weighted by Gasteiger charge is 2.33. The van der Waals surface area contributed by atoms with Crippen molar-refractivity contribution in [2.24, 2.45) is 5.41 Å². The lowest BCUT2D eigenvalue weighted by Gasteiger charge is -2.35. The Morgan fingerprint density at radius 2 is 1.67 bits per heavy atom. The van der Waals surface area contributed by atoms with Crippen LogP contribution in [0.1, 0.15) is 32.1 Å². The second kappa shape index (κ2) is 6.37. The van der Waals surface area contributed by atoms with Gasteiger partial charge in [0.15, 0.2) is 0 Å². The third kappa shape index (κ3) is 3.99. The van der Waals surface area contributed by atoms with Gasteiger partial charge in [0, 0.05) is 24.6 Å². The van der Waals surface area contributed by atoms with Crippen LogP contribution in [0.2, 0.25) is 0 Å². The fourth-order valence-electron chi connectivity index (χ4n) is 2.71. The first kappa shape index (κ1) is 16.3. The lowest BCUT2D eigenvalue weighted by atomic mass is 9.75. The van der Waals surface area contributed by atoms with Crippen LogP contribution in [0.3, 0.4) is 0 Å². The number of aliphatic hydroxyl groups is 1. The summed E-state index contributed by atoms with van der Waals surface area (Å²) in [6.07, 6.45) is 4.43. The first-order valence-electron chi connectivity index (χ1n) is 6.94. The molecule has 1 aromatic carbocycles. The Morgan fingerprint density at radius 3 is 2.19 bits per heavy atom. The van der Waals surface area contributed by atoms with Crippen LogP contribution in [0.15, 0.2) is 23.1 Å². The Labute approximate surface area is 123 Å². The van der Waals surface area contributed by atoms with Gasteiger partial charge in [-0.15, -0.1) is 0 Å². The Bertz CT molecular complexity index is 578. The highest BCUT2D eigenvalue weighted by molar-refractivity contribution is 7.89. The van der Waals surface area contributed by atoms with Crippen molar-refractivity contribution in [1.29, 1.82) is 0 Å². The summed E-state index contributed by atoms with van der Waals surface area (Å²) in [6.45, 7) is -0.0308. The third-order valence-corrected chi connectivity index (χ3v) is 5.41. The molecule has 2 N–H and O–H groups in total. The maximum atomic E-state index is 13.1. The largest absolute Gasteiger partial charge is 0.396 e. The molecule has 1 aliphatic carbocycles. The molecular formula is C14H19F2NO3S. The molecule has 0 radical (unpaired) electrons. The van der Waals surface area contributed by atoms with Crippen LogP contribution in [0, 0.1) is 17.0 Å². The molecule has 0 aromatic heterocycles. The van der Waals surface area contributed by atoms with Gasteiger partial charge in [0.2, 0.25) is 10.0 Å². The normalized spacial score (nSPS) is 18.6. The van der Waals surface area contributed by atoms with Gasteiger partial charge in [0.05, 0.1) is 4.90 Å². The number of halogens is 2. The van der Waals surface area contributed by atoms with Gasteiger partial charge in [0.1, 0.15) is 11.6 Å². The van der Waals surface area contributed by atoms with E-state index in [9.17, 15) is 22.3 Å². The van der Waals surface area contributed by atoms with Crippen molar-refractivity contribution in [2.45, 2.75) is 37.0 Å². The van der Waals surface area contributed by atoms with Crippen molar-refractivity contribution in [2.75, 3.05) is 13.2 Å². The first-order valence-corrected chi connectivity index (χ1v) is 8.42. The van der Waals surface area contributed by atoms with Crippen molar-refractivity contribution >= 4 is 10.0 Å². The maximum Gasteiger partial charge on any atom is 0.240 e. The molecule has 7 heteroatoms. The van der Waals surface area contributed by atoms with E-state index >= 15 is 0 Å². The van der Waals surface area contributed by atoms with Gasteiger partial charge in [-0.05, 0) is 25.0 Å². The predicted molar refractivity (Wildman–Crippen MR) is 74.2 cm³/mol. The van der Waals surface area contributed by atoms with Crippen LogP contribution >= 0.6 is 0 Å². The molecule has 0 amide bonds. The number of hydrogen-bond donors (Lipinski definition) is 2. The number of nitrogens with one attached hydrogen (secondary N) is 1. The topological polar surface area (TPSA) is 66.4 Å². The minimum atomic E-state index is -3.99. The average molecular weight is 319 g/mol. The maximum absolute atomic E-state index is 13.1. The van der Waals surface area contributed by atoms with Crippen LogP contribution < -0.4 is 4.72 Å². The van der Waals surface area contributed by atoms with Crippen molar-refractivity contribution in [3.8, 4) is 0 Å². The number of sulfonamides is 1. The van der Waals surface area contributed by atoms with Crippen LogP contribution in [-0.4, -0.2) is 26.7 Å². The number of hydrogen-bond acceptors (Lipinski definition) is 3. The SMILES string of the molecule is O=S(=O)(NCC1(CO)CCCCC1)c1cc(F)cc(F)c1. The van der Waals surface area contributed by atoms with E-state index in [1.54, 1.807) is 0 Å². The summed E-state index contributed by atoms with van der Waals surface area (Å²) in [4.78, 5) is -0.441. The second-order valence-corrected chi connectivity index (χ2v) is 7.42. The molecule has 0 heterocycles. The molecule has 1 aromatic rings. The molecule has 2 rings (SSSR count). The third-order valence-electron chi connectivity index (χ3n) is 4.03. The zero-order chi connectivity index (χ0) is 15.5.